The Hall–Kier alpha value is 0.230. The smallest absolute Gasteiger partial charge is 0.212 e. The van der Waals surface area contributed by atoms with Crippen molar-refractivity contribution in [1.82, 2.24) is 0 Å². The molecule has 0 unspecified atom stereocenters. The number of nitrogens with zero attached hydrogens (tertiary/aromatic N) is 1. The molecule has 0 saturated heterocycles. The molecule has 0 aliphatic rings. The second-order valence-corrected chi connectivity index (χ2v) is 4.39. The standard InChI is InChI=1S/C7H16NO2S.ClH/c1-7(9)11-10-6-5-8(2,3)4;/h5-6H2,1-4H3;1H/q+1;/p-1. The van der Waals surface area contributed by atoms with Gasteiger partial charge in [-0.05, 0) is 0 Å². The third kappa shape index (κ3) is 12.9. The van der Waals surface area contributed by atoms with Gasteiger partial charge in [-0.15, -0.1) is 0 Å². The maximum absolute atomic E-state index is 10.4. The molecule has 0 bridgehead atoms. The summed E-state index contributed by atoms with van der Waals surface area (Å²) in [6, 6.07) is 0. The molecule has 0 aromatic heterocycles. The van der Waals surface area contributed by atoms with Crippen LogP contribution >= 0.6 is 12.0 Å². The molecule has 0 aliphatic carbocycles. The molecule has 5 heteroatoms. The van der Waals surface area contributed by atoms with E-state index in [0.29, 0.717) is 6.61 Å². The van der Waals surface area contributed by atoms with Gasteiger partial charge < -0.3 is 21.1 Å². The molecule has 12 heavy (non-hydrogen) atoms. The van der Waals surface area contributed by atoms with E-state index >= 15 is 0 Å². The molecular weight excluding hydrogens is 198 g/mol. The lowest BCUT2D eigenvalue weighted by molar-refractivity contribution is -0.870. The predicted octanol–water partition coefficient (Wildman–Crippen LogP) is -2.09. The normalized spacial score (nSPS) is 10.7. The zero-order valence-corrected chi connectivity index (χ0v) is 9.54. The van der Waals surface area contributed by atoms with Gasteiger partial charge >= 0.3 is 0 Å². The van der Waals surface area contributed by atoms with Gasteiger partial charge in [0.05, 0.1) is 33.2 Å². The van der Waals surface area contributed by atoms with Crippen molar-refractivity contribution in [3.8, 4) is 0 Å². The van der Waals surface area contributed by atoms with Crippen LogP contribution in [0.25, 0.3) is 0 Å². The molecule has 74 valence electrons. The average Bonchev–Trinajstić information content (AvgIpc) is 1.78. The first-order chi connectivity index (χ1) is 4.92. The topological polar surface area (TPSA) is 26.3 Å². The van der Waals surface area contributed by atoms with Crippen LogP contribution in [0.3, 0.4) is 0 Å². The highest BCUT2D eigenvalue weighted by Gasteiger charge is 2.06. The van der Waals surface area contributed by atoms with Gasteiger partial charge in [-0.25, -0.2) is 0 Å². The lowest BCUT2D eigenvalue weighted by Crippen LogP contribution is -3.00. The zero-order chi connectivity index (χ0) is 8.91. The van der Waals surface area contributed by atoms with E-state index in [1.807, 2.05) is 0 Å². The van der Waals surface area contributed by atoms with Crippen molar-refractivity contribution in [3.63, 3.8) is 0 Å². The predicted molar refractivity (Wildman–Crippen MR) is 47.1 cm³/mol. The van der Waals surface area contributed by atoms with E-state index in [-0.39, 0.29) is 17.5 Å². The molecule has 0 N–H and O–H groups in total. The lowest BCUT2D eigenvalue weighted by Gasteiger charge is -2.22. The van der Waals surface area contributed by atoms with Crippen LogP contribution in [0.1, 0.15) is 6.92 Å². The number of halogens is 1. The molecule has 0 aliphatic heterocycles. The fraction of sp³-hybridized carbons (Fsp3) is 0.857. The summed E-state index contributed by atoms with van der Waals surface area (Å²) in [6.07, 6.45) is 0. The highest BCUT2D eigenvalue weighted by atomic mass is 35.5. The SMILES string of the molecule is CC(=O)SOCC[N+](C)(C)C.[Cl-]. The Labute approximate surface area is 84.7 Å². The number of hydrogen-bond acceptors (Lipinski definition) is 3. The summed E-state index contributed by atoms with van der Waals surface area (Å²) >= 11 is 0.923. The van der Waals surface area contributed by atoms with E-state index in [9.17, 15) is 4.79 Å². The van der Waals surface area contributed by atoms with Crippen LogP contribution in [0, 0.1) is 0 Å². The summed E-state index contributed by atoms with van der Waals surface area (Å²) < 4.78 is 5.88. The minimum atomic E-state index is 0. The summed E-state index contributed by atoms with van der Waals surface area (Å²) in [4.78, 5) is 10.4. The Morgan fingerprint density at radius 2 is 1.92 bits per heavy atom. The number of rotatable bonds is 4. The van der Waals surface area contributed by atoms with Crippen molar-refractivity contribution in [2.45, 2.75) is 6.92 Å². The third-order valence-electron chi connectivity index (χ3n) is 1.02. The summed E-state index contributed by atoms with van der Waals surface area (Å²) in [7, 11) is 6.26. The van der Waals surface area contributed by atoms with Crippen molar-refractivity contribution in [1.29, 1.82) is 0 Å². The Balaban J connectivity index is 0. The summed E-state index contributed by atoms with van der Waals surface area (Å²) in [5.41, 5.74) is 0. The number of carbonyl (C=O) groups is 1. The quantitative estimate of drug-likeness (QED) is 0.304. The molecule has 0 saturated carbocycles. The van der Waals surface area contributed by atoms with Crippen molar-refractivity contribution >= 4 is 17.2 Å². The van der Waals surface area contributed by atoms with Crippen LogP contribution in [-0.4, -0.2) is 43.9 Å². The van der Waals surface area contributed by atoms with Gasteiger partial charge in [0.25, 0.3) is 0 Å². The first-order valence-corrected chi connectivity index (χ1v) is 4.26. The van der Waals surface area contributed by atoms with Crippen molar-refractivity contribution < 1.29 is 25.9 Å². The molecule has 0 heterocycles. The minimum Gasteiger partial charge on any atom is -1.00 e. The van der Waals surface area contributed by atoms with E-state index < -0.39 is 0 Å². The lowest BCUT2D eigenvalue weighted by atomic mass is 10.5. The highest BCUT2D eigenvalue weighted by Crippen LogP contribution is 2.03. The summed E-state index contributed by atoms with van der Waals surface area (Å²) in [5.74, 6) is 0. The van der Waals surface area contributed by atoms with Crippen LogP contribution in [0.2, 0.25) is 0 Å². The number of hydrogen-bond donors (Lipinski definition) is 0. The van der Waals surface area contributed by atoms with Crippen molar-refractivity contribution in [3.05, 3.63) is 0 Å². The molecule has 0 fully saturated rings. The molecule has 0 rings (SSSR count). The largest absolute Gasteiger partial charge is 1.00 e. The monoisotopic (exact) mass is 213 g/mol. The third-order valence-corrected chi connectivity index (χ3v) is 1.54. The highest BCUT2D eigenvalue weighted by molar-refractivity contribution is 8.09. The van der Waals surface area contributed by atoms with Gasteiger partial charge in [0.2, 0.25) is 5.12 Å². The number of likely N-dealkylation sites (N-methyl/N-ethyl adjacent to an activating group) is 1. The van der Waals surface area contributed by atoms with Gasteiger partial charge in [0.1, 0.15) is 13.2 Å². The molecule has 0 aromatic rings. The van der Waals surface area contributed by atoms with Gasteiger partial charge in [-0.2, -0.15) is 0 Å². The molecule has 0 amide bonds. The summed E-state index contributed by atoms with van der Waals surface area (Å²) in [6.45, 7) is 3.03. The fourth-order valence-electron chi connectivity index (χ4n) is 0.436. The van der Waals surface area contributed by atoms with E-state index in [4.69, 9.17) is 4.18 Å². The maximum atomic E-state index is 10.4. The Kier molecular flexibility index (Phi) is 8.25. The fourth-order valence-corrected chi connectivity index (χ4v) is 0.760. The van der Waals surface area contributed by atoms with E-state index in [2.05, 4.69) is 21.1 Å². The molecule has 0 aromatic carbocycles. The van der Waals surface area contributed by atoms with Crippen LogP contribution in [0.15, 0.2) is 0 Å². The number of quaternary nitrogens is 1. The maximum Gasteiger partial charge on any atom is 0.212 e. The molecular formula is C7H16ClNO2S. The number of carbonyl (C=O) groups excluding carboxylic acids is 1. The Bertz CT molecular complexity index is 136. The molecule has 0 radical (unpaired) electrons. The van der Waals surface area contributed by atoms with Crippen LogP contribution in [0.4, 0.5) is 0 Å². The van der Waals surface area contributed by atoms with E-state index in [1.54, 1.807) is 0 Å². The summed E-state index contributed by atoms with van der Waals surface area (Å²) in [5, 5.41) is 0.00593. The Morgan fingerprint density at radius 1 is 1.42 bits per heavy atom. The Morgan fingerprint density at radius 3 is 2.25 bits per heavy atom. The van der Waals surface area contributed by atoms with Crippen LogP contribution < -0.4 is 12.4 Å². The average molecular weight is 214 g/mol. The van der Waals surface area contributed by atoms with E-state index in [0.717, 1.165) is 23.1 Å². The second kappa shape index (κ2) is 6.71. The van der Waals surface area contributed by atoms with Crippen LogP contribution in [0.5, 0.6) is 0 Å². The first kappa shape index (κ1) is 14.7. The zero-order valence-electron chi connectivity index (χ0n) is 7.96. The van der Waals surface area contributed by atoms with Crippen molar-refractivity contribution in [2.24, 2.45) is 0 Å². The molecule has 3 nitrogen and oxygen atoms in total. The minimum absolute atomic E-state index is 0. The molecule has 0 atom stereocenters. The van der Waals surface area contributed by atoms with Gasteiger partial charge in [0.15, 0.2) is 0 Å². The second-order valence-electron chi connectivity index (χ2n) is 3.41. The molecule has 0 spiro atoms. The van der Waals surface area contributed by atoms with Gasteiger partial charge in [0, 0.05) is 6.92 Å². The van der Waals surface area contributed by atoms with Crippen LogP contribution in [-0.2, 0) is 8.98 Å². The van der Waals surface area contributed by atoms with Crippen molar-refractivity contribution in [2.75, 3.05) is 34.3 Å². The first-order valence-electron chi connectivity index (χ1n) is 3.52. The van der Waals surface area contributed by atoms with Gasteiger partial charge in [-0.3, -0.25) is 4.79 Å². The van der Waals surface area contributed by atoms with E-state index in [1.165, 1.54) is 6.92 Å². The van der Waals surface area contributed by atoms with Gasteiger partial charge in [-0.1, -0.05) is 0 Å².